The van der Waals surface area contributed by atoms with Crippen LogP contribution in [0.5, 0.6) is 0 Å². The van der Waals surface area contributed by atoms with Gasteiger partial charge in [-0.25, -0.2) is 0 Å². The lowest BCUT2D eigenvalue weighted by Crippen LogP contribution is -2.34. The van der Waals surface area contributed by atoms with Crippen molar-refractivity contribution < 1.29 is 9.59 Å². The number of nitrogens with one attached hydrogen (secondary N) is 2. The fourth-order valence-corrected chi connectivity index (χ4v) is 5.34. The van der Waals surface area contributed by atoms with Gasteiger partial charge in [0.2, 0.25) is 5.91 Å². The zero-order valence-electron chi connectivity index (χ0n) is 20.0. The molecule has 3 aromatic rings. The van der Waals surface area contributed by atoms with Gasteiger partial charge in [0, 0.05) is 20.8 Å². The summed E-state index contributed by atoms with van der Waals surface area (Å²) < 4.78 is 2.96. The summed E-state index contributed by atoms with van der Waals surface area (Å²) in [5.41, 5.74) is 2.09. The molecule has 1 atom stereocenters. The van der Waals surface area contributed by atoms with E-state index in [9.17, 15) is 9.59 Å². The van der Waals surface area contributed by atoms with Gasteiger partial charge in [0.15, 0.2) is 11.0 Å². The van der Waals surface area contributed by atoms with Crippen molar-refractivity contribution in [2.75, 3.05) is 11.1 Å². The van der Waals surface area contributed by atoms with Gasteiger partial charge in [-0.1, -0.05) is 54.9 Å². The maximum atomic E-state index is 13.0. The Bertz CT molecular complexity index is 1280. The van der Waals surface area contributed by atoms with Crippen molar-refractivity contribution in [3.05, 3.63) is 79.6 Å². The highest BCUT2D eigenvalue weighted by atomic mass is 127. The van der Waals surface area contributed by atoms with Crippen molar-refractivity contribution in [1.29, 1.82) is 0 Å². The largest absolute Gasteiger partial charge is 0.342 e. The summed E-state index contributed by atoms with van der Waals surface area (Å²) in [5.74, 6) is 0.229. The van der Waals surface area contributed by atoms with Crippen LogP contribution < -0.4 is 10.6 Å². The molecule has 2 aromatic carbocycles. The Balaban J connectivity index is 1.77. The number of halogens is 3. The molecule has 3 rings (SSSR count). The number of benzene rings is 2. The molecule has 36 heavy (non-hydrogen) atoms. The smallest absolute Gasteiger partial charge is 0.253 e. The first-order chi connectivity index (χ1) is 17.1. The van der Waals surface area contributed by atoms with Crippen molar-refractivity contribution in [2.24, 2.45) is 5.92 Å². The van der Waals surface area contributed by atoms with E-state index in [0.29, 0.717) is 28.1 Å². The molecule has 2 amide bonds. The van der Waals surface area contributed by atoms with Gasteiger partial charge < -0.3 is 15.2 Å². The lowest BCUT2D eigenvalue weighted by Gasteiger charge is -2.23. The standard InChI is InChI=1S/C25H26Cl2IN5O2S/c1-5-10-33-23(22(14(2)3)30-24(35)18-8-6-16(26)12-19(18)27)31-32-25(33)36-13-21(34)29-20-9-7-17(28)11-15(20)4/h5-9,11-12,14,22H,1,10,13H2,2-4H3,(H,29,34)(H,30,35)/t22-/m0/s1. The number of aryl methyl sites for hydroxylation is 1. The molecular formula is C25H26Cl2IN5O2S. The topological polar surface area (TPSA) is 88.9 Å². The van der Waals surface area contributed by atoms with Gasteiger partial charge in [0.05, 0.1) is 22.4 Å². The Morgan fingerprint density at radius 2 is 1.94 bits per heavy atom. The fourth-order valence-electron chi connectivity index (χ4n) is 3.44. The van der Waals surface area contributed by atoms with Crippen LogP contribution in [0.2, 0.25) is 10.0 Å². The van der Waals surface area contributed by atoms with E-state index in [0.717, 1.165) is 14.8 Å². The number of carbonyl (C=O) groups is 2. The SMILES string of the molecule is C=CCn1c(SCC(=O)Nc2ccc(I)cc2C)nnc1[C@@H](NC(=O)c1ccc(Cl)cc1Cl)C(C)C. The molecule has 0 aliphatic heterocycles. The maximum Gasteiger partial charge on any atom is 0.253 e. The number of nitrogens with zero attached hydrogens (tertiary/aromatic N) is 3. The number of hydrogen-bond donors (Lipinski definition) is 2. The molecule has 0 saturated heterocycles. The van der Waals surface area contributed by atoms with Crippen LogP contribution in [-0.2, 0) is 11.3 Å². The second kappa shape index (κ2) is 12.9. The molecule has 0 spiro atoms. The van der Waals surface area contributed by atoms with E-state index in [1.165, 1.54) is 17.8 Å². The van der Waals surface area contributed by atoms with Gasteiger partial charge >= 0.3 is 0 Å². The van der Waals surface area contributed by atoms with Crippen molar-refractivity contribution in [2.45, 2.75) is 38.5 Å². The molecule has 2 N–H and O–H groups in total. The number of carbonyl (C=O) groups excluding carboxylic acids is 2. The summed E-state index contributed by atoms with van der Waals surface area (Å²) in [6.07, 6.45) is 1.72. The summed E-state index contributed by atoms with van der Waals surface area (Å²) in [6.45, 7) is 10.2. The molecule has 190 valence electrons. The number of aromatic nitrogens is 3. The first kappa shape index (κ1) is 28.5. The maximum absolute atomic E-state index is 13.0. The normalized spacial score (nSPS) is 11.9. The third kappa shape index (κ3) is 7.24. The predicted molar refractivity (Wildman–Crippen MR) is 155 cm³/mol. The second-order valence-electron chi connectivity index (χ2n) is 8.36. The highest BCUT2D eigenvalue weighted by Crippen LogP contribution is 2.27. The number of allylic oxidation sites excluding steroid dienone is 1. The quantitative estimate of drug-likeness (QED) is 0.147. The monoisotopic (exact) mass is 657 g/mol. The van der Waals surface area contributed by atoms with E-state index in [1.54, 1.807) is 18.2 Å². The van der Waals surface area contributed by atoms with Crippen LogP contribution in [0.1, 0.15) is 41.6 Å². The molecule has 1 heterocycles. The average Bonchev–Trinajstić information content (AvgIpc) is 3.20. The average molecular weight is 658 g/mol. The Morgan fingerprint density at radius 1 is 1.19 bits per heavy atom. The molecule has 0 aliphatic carbocycles. The minimum absolute atomic E-state index is 0.00205. The molecule has 0 unspecified atom stereocenters. The van der Waals surface area contributed by atoms with Crippen LogP contribution in [-0.4, -0.2) is 32.3 Å². The molecule has 0 bridgehead atoms. The van der Waals surface area contributed by atoms with Crippen LogP contribution in [0.25, 0.3) is 0 Å². The molecule has 0 fully saturated rings. The minimum atomic E-state index is -0.450. The van der Waals surface area contributed by atoms with Crippen LogP contribution in [0.3, 0.4) is 0 Å². The van der Waals surface area contributed by atoms with E-state index >= 15 is 0 Å². The van der Waals surface area contributed by atoms with Gasteiger partial charge in [-0.15, -0.1) is 16.8 Å². The zero-order chi connectivity index (χ0) is 26.4. The lowest BCUT2D eigenvalue weighted by molar-refractivity contribution is -0.113. The van der Waals surface area contributed by atoms with Crippen LogP contribution in [0.4, 0.5) is 5.69 Å². The molecule has 11 heteroatoms. The van der Waals surface area contributed by atoms with Gasteiger partial charge in [-0.05, 0) is 77.4 Å². The summed E-state index contributed by atoms with van der Waals surface area (Å²) in [7, 11) is 0. The Morgan fingerprint density at radius 3 is 2.58 bits per heavy atom. The van der Waals surface area contributed by atoms with E-state index in [4.69, 9.17) is 23.2 Å². The fraction of sp³-hybridized carbons (Fsp3) is 0.280. The third-order valence-electron chi connectivity index (χ3n) is 5.26. The highest BCUT2D eigenvalue weighted by Gasteiger charge is 2.27. The van der Waals surface area contributed by atoms with Gasteiger partial charge in [-0.2, -0.15) is 0 Å². The van der Waals surface area contributed by atoms with E-state index < -0.39 is 6.04 Å². The van der Waals surface area contributed by atoms with E-state index in [2.05, 4.69) is 50.0 Å². The van der Waals surface area contributed by atoms with Crippen molar-refractivity contribution in [1.82, 2.24) is 20.1 Å². The highest BCUT2D eigenvalue weighted by molar-refractivity contribution is 14.1. The van der Waals surface area contributed by atoms with Crippen molar-refractivity contribution in [3.8, 4) is 0 Å². The number of amides is 2. The van der Waals surface area contributed by atoms with Crippen LogP contribution in [0.15, 0.2) is 54.2 Å². The molecule has 0 radical (unpaired) electrons. The van der Waals surface area contributed by atoms with Gasteiger partial charge in [0.1, 0.15) is 0 Å². The summed E-state index contributed by atoms with van der Waals surface area (Å²) in [6, 6.07) is 10.1. The third-order valence-corrected chi connectivity index (χ3v) is 7.44. The first-order valence-corrected chi connectivity index (χ1v) is 13.9. The van der Waals surface area contributed by atoms with Crippen LogP contribution in [0, 0.1) is 16.4 Å². The minimum Gasteiger partial charge on any atom is -0.342 e. The Kier molecular flexibility index (Phi) is 10.2. The predicted octanol–water partition coefficient (Wildman–Crippen LogP) is 6.54. The molecule has 7 nitrogen and oxygen atoms in total. The lowest BCUT2D eigenvalue weighted by atomic mass is 10.0. The van der Waals surface area contributed by atoms with E-state index in [1.807, 2.05) is 43.5 Å². The molecule has 1 aromatic heterocycles. The Hall–Kier alpha value is -2.08. The van der Waals surface area contributed by atoms with Crippen molar-refractivity contribution >= 4 is 75.1 Å². The second-order valence-corrected chi connectivity index (χ2v) is 11.4. The van der Waals surface area contributed by atoms with Crippen LogP contribution >= 0.6 is 57.6 Å². The summed E-state index contributed by atoms with van der Waals surface area (Å²) >= 11 is 15.7. The summed E-state index contributed by atoms with van der Waals surface area (Å²) in [4.78, 5) is 25.6. The molecule has 0 saturated carbocycles. The number of anilines is 1. The summed E-state index contributed by atoms with van der Waals surface area (Å²) in [5, 5.41) is 15.9. The Labute approximate surface area is 238 Å². The number of thioether (sulfide) groups is 1. The van der Waals surface area contributed by atoms with Gasteiger partial charge in [0.25, 0.3) is 5.91 Å². The van der Waals surface area contributed by atoms with E-state index in [-0.39, 0.29) is 28.5 Å². The number of rotatable bonds is 10. The number of hydrogen-bond acceptors (Lipinski definition) is 5. The van der Waals surface area contributed by atoms with Crippen molar-refractivity contribution in [3.63, 3.8) is 0 Å². The zero-order valence-corrected chi connectivity index (χ0v) is 24.5. The first-order valence-electron chi connectivity index (χ1n) is 11.1. The van der Waals surface area contributed by atoms with Gasteiger partial charge in [-0.3, -0.25) is 9.59 Å². The molecule has 0 aliphatic rings. The molecular weight excluding hydrogens is 632 g/mol.